The number of nitriles is 1. The number of aromatic nitrogens is 3. The number of hydrogen-bond acceptors (Lipinski definition) is 7. The maximum atomic E-state index is 13.0. The quantitative estimate of drug-likeness (QED) is 0.264. The molecular formula is C34H41N9O2. The van der Waals surface area contributed by atoms with E-state index < -0.39 is 5.41 Å². The first kappa shape index (κ1) is 30.5. The lowest BCUT2D eigenvalue weighted by Gasteiger charge is -2.37. The Morgan fingerprint density at radius 2 is 1.67 bits per heavy atom. The Morgan fingerprint density at radius 3 is 2.18 bits per heavy atom. The molecule has 1 saturated carbocycles. The van der Waals surface area contributed by atoms with Gasteiger partial charge in [0.05, 0.1) is 18.0 Å². The molecule has 2 fully saturated rings. The Labute approximate surface area is 264 Å². The van der Waals surface area contributed by atoms with Crippen molar-refractivity contribution in [3.05, 3.63) is 81.9 Å². The van der Waals surface area contributed by atoms with Crippen molar-refractivity contribution in [2.75, 3.05) is 34.7 Å². The summed E-state index contributed by atoms with van der Waals surface area (Å²) in [6, 6.07) is 14.3. The number of rotatable bonds is 8. The molecular weight excluding hydrogens is 566 g/mol. The maximum absolute atomic E-state index is 13.0. The summed E-state index contributed by atoms with van der Waals surface area (Å²) < 4.78 is 0. The number of amides is 2. The highest BCUT2D eigenvalue weighted by Crippen LogP contribution is 2.48. The number of carbonyl (C=O) groups excluding carboxylic acids is 2. The summed E-state index contributed by atoms with van der Waals surface area (Å²) in [5.41, 5.74) is 4.62. The first-order chi connectivity index (χ1) is 21.5. The molecule has 2 heterocycles. The van der Waals surface area contributed by atoms with Crippen LogP contribution in [0.5, 0.6) is 0 Å². The lowest BCUT2D eigenvalue weighted by atomic mass is 9.67. The molecule has 3 aliphatic rings. The number of hydrogen-bond donors (Lipinski definition) is 3. The minimum absolute atomic E-state index is 0.0623. The van der Waals surface area contributed by atoms with Gasteiger partial charge in [-0.1, -0.05) is 12.1 Å². The van der Waals surface area contributed by atoms with Gasteiger partial charge in [0.2, 0.25) is 0 Å². The van der Waals surface area contributed by atoms with E-state index in [1.807, 2.05) is 41.3 Å². The van der Waals surface area contributed by atoms with Crippen molar-refractivity contribution in [1.29, 1.82) is 10.7 Å². The van der Waals surface area contributed by atoms with E-state index in [1.165, 1.54) is 6.33 Å². The van der Waals surface area contributed by atoms with Crippen LogP contribution in [0.4, 0.5) is 0 Å². The molecule has 2 amide bonds. The summed E-state index contributed by atoms with van der Waals surface area (Å²) in [5, 5.41) is 29.6. The van der Waals surface area contributed by atoms with E-state index in [0.29, 0.717) is 60.6 Å². The van der Waals surface area contributed by atoms with Crippen molar-refractivity contribution in [1.82, 2.24) is 35.2 Å². The zero-order valence-electron chi connectivity index (χ0n) is 26.6. The number of aryl methyl sites for hydroxylation is 2. The largest absolute Gasteiger partial charge is 0.345 e. The number of benzene rings is 2. The van der Waals surface area contributed by atoms with Crippen LogP contribution in [0.3, 0.4) is 0 Å². The van der Waals surface area contributed by atoms with Crippen LogP contribution in [0.1, 0.15) is 75.0 Å². The number of nitrogens with one attached hydrogen (secondary N) is 3. The lowest BCUT2D eigenvalue weighted by Crippen LogP contribution is -2.46. The minimum Gasteiger partial charge on any atom is -0.345 e. The van der Waals surface area contributed by atoms with Crippen molar-refractivity contribution in [3.8, 4) is 6.07 Å². The molecule has 3 N–H and O–H groups in total. The van der Waals surface area contributed by atoms with Gasteiger partial charge in [0.15, 0.2) is 0 Å². The number of carbonyl (C=O) groups is 2. The average Bonchev–Trinajstić information content (AvgIpc) is 3.42. The third-order valence-electron chi connectivity index (χ3n) is 9.71. The first-order valence-corrected chi connectivity index (χ1v) is 15.6. The van der Waals surface area contributed by atoms with E-state index in [2.05, 4.69) is 28.5 Å². The standard InChI is InChI=1S/C34H41N9O2/c1-20(37-18-30(36)43-26(17-35)14-25-15-29(25)43)16-34(33-38-19-39-40-33)27-10-8-23(31(44)41(2)3)12-21(27)6-7-22-13-24(9-11-28(22)34)32(45)42(4)5/h8-13,19-20,25-26,29,36-37H,6-7,14-16,18H2,1-5H3,(H,38,39,40)/t20-,25+,26?,29-/m0/s1. The number of likely N-dealkylation sites (tertiary alicyclic amines) is 1. The lowest BCUT2D eigenvalue weighted by molar-refractivity contribution is 0.0820. The van der Waals surface area contributed by atoms with E-state index in [9.17, 15) is 14.9 Å². The number of nitrogens with zero attached hydrogens (tertiary/aromatic N) is 6. The highest BCUT2D eigenvalue weighted by Gasteiger charge is 2.53. The number of piperidine rings is 1. The van der Waals surface area contributed by atoms with Gasteiger partial charge in [0, 0.05) is 51.4 Å². The Morgan fingerprint density at radius 1 is 1.07 bits per heavy atom. The molecule has 6 rings (SSSR count). The smallest absolute Gasteiger partial charge is 0.253 e. The van der Waals surface area contributed by atoms with Gasteiger partial charge in [0.25, 0.3) is 11.8 Å². The first-order valence-electron chi connectivity index (χ1n) is 15.6. The molecule has 45 heavy (non-hydrogen) atoms. The molecule has 0 spiro atoms. The molecule has 4 atom stereocenters. The van der Waals surface area contributed by atoms with E-state index >= 15 is 0 Å². The number of fused-ring (bicyclic) bond motifs is 3. The van der Waals surface area contributed by atoms with Gasteiger partial charge in [-0.2, -0.15) is 10.4 Å². The summed E-state index contributed by atoms with van der Waals surface area (Å²) in [6.07, 6.45) is 5.38. The number of aromatic amines is 1. The molecule has 234 valence electrons. The highest BCUT2D eigenvalue weighted by molar-refractivity contribution is 5.95. The second-order valence-corrected chi connectivity index (χ2v) is 13.2. The Hall–Kier alpha value is -4.56. The van der Waals surface area contributed by atoms with E-state index in [1.54, 1.807) is 38.0 Å². The van der Waals surface area contributed by atoms with Crippen LogP contribution in [-0.4, -0.2) is 100 Å². The van der Waals surface area contributed by atoms with Crippen molar-refractivity contribution in [2.24, 2.45) is 5.92 Å². The SMILES string of the molecule is C[C@@H](CC1(c2ncn[nH]2)c2ccc(C(=O)N(C)C)cc2CCc2cc(C(=O)N(C)C)ccc21)NCC(=N)N1C(C#N)C[C@@H]2C[C@@H]21. The Balaban J connectivity index is 1.42. The molecule has 1 unspecified atom stereocenters. The third-order valence-corrected chi connectivity index (χ3v) is 9.71. The third kappa shape index (κ3) is 5.37. The highest BCUT2D eigenvalue weighted by atomic mass is 16.2. The van der Waals surface area contributed by atoms with Crippen LogP contribution in [0.2, 0.25) is 0 Å². The van der Waals surface area contributed by atoms with Gasteiger partial charge < -0.3 is 20.0 Å². The maximum Gasteiger partial charge on any atom is 0.253 e. The van der Waals surface area contributed by atoms with Crippen LogP contribution in [0.25, 0.3) is 0 Å². The van der Waals surface area contributed by atoms with Crippen LogP contribution < -0.4 is 5.32 Å². The van der Waals surface area contributed by atoms with Gasteiger partial charge in [-0.3, -0.25) is 20.1 Å². The molecule has 1 aromatic heterocycles. The second kappa shape index (κ2) is 11.7. The molecule has 2 aromatic carbocycles. The molecule has 2 aliphatic carbocycles. The number of amidine groups is 1. The number of H-pyrrole nitrogens is 1. The summed E-state index contributed by atoms with van der Waals surface area (Å²) >= 11 is 0. The predicted octanol–water partition coefficient (Wildman–Crippen LogP) is 2.97. The van der Waals surface area contributed by atoms with Gasteiger partial charge in [-0.15, -0.1) is 0 Å². The summed E-state index contributed by atoms with van der Waals surface area (Å²) in [7, 11) is 7.00. The van der Waals surface area contributed by atoms with Crippen LogP contribution in [0, 0.1) is 22.7 Å². The average molecular weight is 608 g/mol. The van der Waals surface area contributed by atoms with Crippen LogP contribution in [0.15, 0.2) is 42.7 Å². The van der Waals surface area contributed by atoms with E-state index in [4.69, 9.17) is 10.4 Å². The fourth-order valence-corrected chi connectivity index (χ4v) is 7.47. The molecule has 1 saturated heterocycles. The zero-order valence-corrected chi connectivity index (χ0v) is 26.6. The molecule has 0 bridgehead atoms. The molecule has 1 aliphatic heterocycles. The fraction of sp³-hybridized carbons (Fsp3) is 0.471. The monoisotopic (exact) mass is 607 g/mol. The Bertz CT molecular complexity index is 1600. The zero-order chi connectivity index (χ0) is 32.0. The Kier molecular flexibility index (Phi) is 7.95. The molecule has 11 nitrogen and oxygen atoms in total. The summed E-state index contributed by atoms with van der Waals surface area (Å²) in [6.45, 7) is 2.45. The van der Waals surface area contributed by atoms with Crippen molar-refractivity contribution < 1.29 is 9.59 Å². The van der Waals surface area contributed by atoms with Gasteiger partial charge in [0.1, 0.15) is 24.0 Å². The van der Waals surface area contributed by atoms with E-state index in [-0.39, 0.29) is 23.9 Å². The molecule has 0 radical (unpaired) electrons. The predicted molar refractivity (Wildman–Crippen MR) is 170 cm³/mol. The minimum atomic E-state index is -0.782. The van der Waals surface area contributed by atoms with E-state index in [0.717, 1.165) is 35.1 Å². The fourth-order valence-electron chi connectivity index (χ4n) is 7.47. The molecule has 3 aromatic rings. The molecule has 11 heteroatoms. The van der Waals surface area contributed by atoms with Crippen LogP contribution in [-0.2, 0) is 18.3 Å². The van der Waals surface area contributed by atoms with Crippen molar-refractivity contribution in [2.45, 2.75) is 62.6 Å². The topological polar surface area (TPSA) is 145 Å². The van der Waals surface area contributed by atoms with Gasteiger partial charge in [-0.25, -0.2) is 4.98 Å². The second-order valence-electron chi connectivity index (χ2n) is 13.2. The van der Waals surface area contributed by atoms with Gasteiger partial charge in [-0.05, 0) is 91.5 Å². The summed E-state index contributed by atoms with van der Waals surface area (Å²) in [4.78, 5) is 35.9. The summed E-state index contributed by atoms with van der Waals surface area (Å²) in [5.74, 6) is 1.54. The van der Waals surface area contributed by atoms with Crippen LogP contribution >= 0.6 is 0 Å². The van der Waals surface area contributed by atoms with Gasteiger partial charge >= 0.3 is 0 Å². The van der Waals surface area contributed by atoms with Crippen molar-refractivity contribution in [3.63, 3.8) is 0 Å². The van der Waals surface area contributed by atoms with Crippen molar-refractivity contribution >= 4 is 17.6 Å². The normalized spacial score (nSPS) is 21.4.